The first kappa shape index (κ1) is 14.1. The van der Waals surface area contributed by atoms with E-state index in [-0.39, 0.29) is 12.0 Å². The minimum absolute atomic E-state index is 0.174. The minimum atomic E-state index is 0.174. The molecule has 1 saturated heterocycles. The molecular formula is C14H16BrN5O. The Morgan fingerprint density at radius 1 is 1.05 bits per heavy atom. The van der Waals surface area contributed by atoms with Gasteiger partial charge in [0.25, 0.3) is 0 Å². The van der Waals surface area contributed by atoms with E-state index < -0.39 is 0 Å². The summed E-state index contributed by atoms with van der Waals surface area (Å²) in [4.78, 5) is 14.8. The topological polar surface area (TPSA) is 77.2 Å². The van der Waals surface area contributed by atoms with Gasteiger partial charge in [0.05, 0.1) is 4.47 Å². The molecule has 2 N–H and O–H groups in total. The maximum absolute atomic E-state index is 5.78. The van der Waals surface area contributed by atoms with Gasteiger partial charge in [-0.15, -0.1) is 0 Å². The molecule has 1 aromatic heterocycles. The standard InChI is InChI=1S/C14H16BrN5O/c15-10-6-2-3-7-11(10)21-14-18-12(16)17-13(19-14)20-8-4-1-5-9-20/h2-3,6-7H,1,4-5,8-9H2,(H2,16,17,18,19). The van der Waals surface area contributed by atoms with Crippen LogP contribution in [0.1, 0.15) is 19.3 Å². The number of benzene rings is 1. The number of nitrogens with zero attached hydrogens (tertiary/aromatic N) is 4. The Hall–Kier alpha value is -1.89. The Labute approximate surface area is 131 Å². The highest BCUT2D eigenvalue weighted by molar-refractivity contribution is 9.10. The van der Waals surface area contributed by atoms with E-state index in [1.807, 2.05) is 24.3 Å². The molecule has 0 aliphatic carbocycles. The summed E-state index contributed by atoms with van der Waals surface area (Å²) in [6.07, 6.45) is 3.54. The molecule has 3 rings (SSSR count). The normalized spacial score (nSPS) is 15.0. The monoisotopic (exact) mass is 349 g/mol. The number of halogens is 1. The minimum Gasteiger partial charge on any atom is -0.423 e. The van der Waals surface area contributed by atoms with Crippen molar-refractivity contribution in [3.63, 3.8) is 0 Å². The number of piperidine rings is 1. The lowest BCUT2D eigenvalue weighted by Crippen LogP contribution is -2.31. The molecule has 0 spiro atoms. The molecule has 0 unspecified atom stereocenters. The Balaban J connectivity index is 1.85. The van der Waals surface area contributed by atoms with Crippen LogP contribution in [0.5, 0.6) is 11.8 Å². The molecule has 0 amide bonds. The van der Waals surface area contributed by atoms with Gasteiger partial charge in [-0.3, -0.25) is 0 Å². The van der Waals surface area contributed by atoms with E-state index in [1.54, 1.807) is 0 Å². The molecule has 21 heavy (non-hydrogen) atoms. The molecule has 2 heterocycles. The molecular weight excluding hydrogens is 334 g/mol. The summed E-state index contributed by atoms with van der Waals surface area (Å²) in [5.74, 6) is 1.41. The van der Waals surface area contributed by atoms with Crippen molar-refractivity contribution in [3.05, 3.63) is 28.7 Å². The van der Waals surface area contributed by atoms with Gasteiger partial charge in [0.2, 0.25) is 11.9 Å². The number of aromatic nitrogens is 3. The predicted molar refractivity (Wildman–Crippen MR) is 84.5 cm³/mol. The fourth-order valence-corrected chi connectivity index (χ4v) is 2.63. The highest BCUT2D eigenvalue weighted by Gasteiger charge is 2.16. The summed E-state index contributed by atoms with van der Waals surface area (Å²) >= 11 is 3.43. The zero-order chi connectivity index (χ0) is 14.7. The first-order valence-corrected chi connectivity index (χ1v) is 7.70. The molecule has 0 atom stereocenters. The average Bonchev–Trinajstić information content (AvgIpc) is 2.50. The molecule has 0 radical (unpaired) electrons. The van der Waals surface area contributed by atoms with Gasteiger partial charge < -0.3 is 15.4 Å². The molecule has 1 aromatic carbocycles. The third-order valence-corrected chi connectivity index (χ3v) is 3.95. The number of hydrogen-bond acceptors (Lipinski definition) is 6. The summed E-state index contributed by atoms with van der Waals surface area (Å²) in [7, 11) is 0. The van der Waals surface area contributed by atoms with E-state index in [0.717, 1.165) is 30.4 Å². The summed E-state index contributed by atoms with van der Waals surface area (Å²) in [6.45, 7) is 1.88. The van der Waals surface area contributed by atoms with E-state index in [9.17, 15) is 0 Å². The lowest BCUT2D eigenvalue weighted by molar-refractivity contribution is 0.436. The van der Waals surface area contributed by atoms with Crippen LogP contribution in [0.15, 0.2) is 28.7 Å². The number of hydrogen-bond donors (Lipinski definition) is 1. The molecule has 1 fully saturated rings. The van der Waals surface area contributed by atoms with Gasteiger partial charge in [-0.25, -0.2) is 0 Å². The van der Waals surface area contributed by atoms with Crippen molar-refractivity contribution in [3.8, 4) is 11.8 Å². The largest absolute Gasteiger partial charge is 0.423 e. The zero-order valence-electron chi connectivity index (χ0n) is 11.5. The average molecular weight is 350 g/mol. The Morgan fingerprint density at radius 3 is 2.57 bits per heavy atom. The maximum Gasteiger partial charge on any atom is 0.328 e. The van der Waals surface area contributed by atoms with Crippen LogP contribution in [0.4, 0.5) is 11.9 Å². The van der Waals surface area contributed by atoms with Gasteiger partial charge >= 0.3 is 6.01 Å². The van der Waals surface area contributed by atoms with Crippen molar-refractivity contribution in [2.45, 2.75) is 19.3 Å². The maximum atomic E-state index is 5.78. The van der Waals surface area contributed by atoms with Crippen molar-refractivity contribution in [2.24, 2.45) is 0 Å². The number of nitrogens with two attached hydrogens (primary N) is 1. The summed E-state index contributed by atoms with van der Waals surface area (Å²) < 4.78 is 6.54. The quantitative estimate of drug-likeness (QED) is 0.917. The smallest absolute Gasteiger partial charge is 0.328 e. The molecule has 110 valence electrons. The molecule has 1 aliphatic heterocycles. The van der Waals surface area contributed by atoms with Crippen LogP contribution in [0.2, 0.25) is 0 Å². The van der Waals surface area contributed by atoms with E-state index in [0.29, 0.717) is 11.7 Å². The number of ether oxygens (including phenoxy) is 1. The SMILES string of the molecule is Nc1nc(Oc2ccccc2Br)nc(N2CCCCC2)n1. The number of nitrogen functional groups attached to an aromatic ring is 1. The van der Waals surface area contributed by atoms with Gasteiger partial charge in [0.15, 0.2) is 0 Å². The number of anilines is 2. The van der Waals surface area contributed by atoms with Crippen LogP contribution in [-0.4, -0.2) is 28.0 Å². The summed E-state index contributed by atoms with van der Waals surface area (Å²) in [5, 5.41) is 0. The third-order valence-electron chi connectivity index (χ3n) is 3.30. The van der Waals surface area contributed by atoms with Crippen LogP contribution in [0, 0.1) is 0 Å². The van der Waals surface area contributed by atoms with E-state index in [4.69, 9.17) is 10.5 Å². The Kier molecular flexibility index (Phi) is 4.19. The highest BCUT2D eigenvalue weighted by atomic mass is 79.9. The molecule has 2 aromatic rings. The van der Waals surface area contributed by atoms with Gasteiger partial charge in [0, 0.05) is 13.1 Å². The molecule has 1 aliphatic rings. The third kappa shape index (κ3) is 3.41. The van der Waals surface area contributed by atoms with Crippen LogP contribution in [-0.2, 0) is 0 Å². The predicted octanol–water partition coefficient (Wildman–Crippen LogP) is 3.00. The second-order valence-corrected chi connectivity index (χ2v) is 5.71. The number of para-hydroxylation sites is 1. The second kappa shape index (κ2) is 6.26. The van der Waals surface area contributed by atoms with Crippen molar-refractivity contribution in [2.75, 3.05) is 23.7 Å². The van der Waals surface area contributed by atoms with Crippen molar-refractivity contribution >= 4 is 27.8 Å². The zero-order valence-corrected chi connectivity index (χ0v) is 13.1. The second-order valence-electron chi connectivity index (χ2n) is 4.86. The molecule has 0 saturated carbocycles. The van der Waals surface area contributed by atoms with Gasteiger partial charge in [0.1, 0.15) is 5.75 Å². The van der Waals surface area contributed by atoms with Crippen LogP contribution < -0.4 is 15.4 Å². The van der Waals surface area contributed by atoms with E-state index >= 15 is 0 Å². The summed E-state index contributed by atoms with van der Waals surface area (Å²) in [6, 6.07) is 7.75. The van der Waals surface area contributed by atoms with Crippen molar-refractivity contribution in [1.29, 1.82) is 0 Å². The fraction of sp³-hybridized carbons (Fsp3) is 0.357. The van der Waals surface area contributed by atoms with Crippen molar-refractivity contribution in [1.82, 2.24) is 15.0 Å². The molecule has 6 nitrogen and oxygen atoms in total. The van der Waals surface area contributed by atoms with Crippen LogP contribution >= 0.6 is 15.9 Å². The van der Waals surface area contributed by atoms with Crippen molar-refractivity contribution < 1.29 is 4.74 Å². The van der Waals surface area contributed by atoms with Crippen LogP contribution in [0.25, 0.3) is 0 Å². The van der Waals surface area contributed by atoms with Crippen LogP contribution in [0.3, 0.4) is 0 Å². The van der Waals surface area contributed by atoms with Gasteiger partial charge in [-0.2, -0.15) is 15.0 Å². The Bertz CT molecular complexity index is 631. The lowest BCUT2D eigenvalue weighted by atomic mass is 10.1. The fourth-order valence-electron chi connectivity index (χ4n) is 2.27. The van der Waals surface area contributed by atoms with E-state index in [2.05, 4.69) is 35.8 Å². The Morgan fingerprint density at radius 2 is 1.81 bits per heavy atom. The number of rotatable bonds is 3. The molecule has 0 bridgehead atoms. The van der Waals surface area contributed by atoms with Gasteiger partial charge in [-0.05, 0) is 47.3 Å². The lowest BCUT2D eigenvalue weighted by Gasteiger charge is -2.26. The summed E-state index contributed by atoms with van der Waals surface area (Å²) in [5.41, 5.74) is 5.78. The highest BCUT2D eigenvalue weighted by Crippen LogP contribution is 2.28. The first-order chi connectivity index (χ1) is 10.2. The van der Waals surface area contributed by atoms with E-state index in [1.165, 1.54) is 6.42 Å². The van der Waals surface area contributed by atoms with Gasteiger partial charge in [-0.1, -0.05) is 12.1 Å². The molecule has 7 heteroatoms. The first-order valence-electron chi connectivity index (χ1n) is 6.91.